The zero-order chi connectivity index (χ0) is 9.54. The average molecular weight is 188 g/mol. The van der Waals surface area contributed by atoms with Gasteiger partial charge in [0.2, 0.25) is 0 Å². The molecular weight excluding hydrogens is 178 g/mol. The molecule has 4 nitrogen and oxygen atoms in total. The van der Waals surface area contributed by atoms with Crippen LogP contribution in [0.2, 0.25) is 0 Å². The third-order valence-corrected chi connectivity index (χ3v) is 2.53. The van der Waals surface area contributed by atoms with E-state index in [-0.39, 0.29) is 6.10 Å². The Morgan fingerprint density at radius 2 is 2.36 bits per heavy atom. The number of fused-ring (bicyclic) bond motifs is 1. The van der Waals surface area contributed by atoms with Crippen LogP contribution < -0.4 is 4.90 Å². The summed E-state index contributed by atoms with van der Waals surface area (Å²) < 4.78 is 1.86. The van der Waals surface area contributed by atoms with Crippen LogP contribution >= 0.6 is 0 Å². The second-order valence-corrected chi connectivity index (χ2v) is 3.53. The first-order chi connectivity index (χ1) is 6.84. The topological polar surface area (TPSA) is 40.8 Å². The van der Waals surface area contributed by atoms with Gasteiger partial charge in [0.1, 0.15) is 0 Å². The van der Waals surface area contributed by atoms with Crippen LogP contribution in [0.3, 0.4) is 0 Å². The maximum absolute atomic E-state index is 9.23. The first-order valence-corrected chi connectivity index (χ1v) is 4.61. The number of hydrogen-bond donors (Lipinski definition) is 1. The Morgan fingerprint density at radius 3 is 3.14 bits per heavy atom. The second-order valence-electron chi connectivity index (χ2n) is 3.53. The average Bonchev–Trinajstić information content (AvgIpc) is 2.60. The molecule has 3 rings (SSSR count). The van der Waals surface area contributed by atoms with E-state index in [2.05, 4.69) is 16.1 Å². The van der Waals surface area contributed by atoms with Gasteiger partial charge in [-0.05, 0) is 12.1 Å². The molecule has 0 atom stereocenters. The number of rotatable bonds is 1. The van der Waals surface area contributed by atoms with Gasteiger partial charge in [-0.25, -0.2) is 4.98 Å². The minimum absolute atomic E-state index is 0.186. The van der Waals surface area contributed by atoms with E-state index in [1.54, 1.807) is 6.20 Å². The SMILES string of the molecule is OC1CN(c2cc[c]n3ccnc23)C1. The normalized spacial score (nSPS) is 17.4. The van der Waals surface area contributed by atoms with Crippen molar-refractivity contribution in [2.75, 3.05) is 18.0 Å². The highest BCUT2D eigenvalue weighted by molar-refractivity contribution is 5.69. The van der Waals surface area contributed by atoms with Crippen molar-refractivity contribution in [1.29, 1.82) is 0 Å². The van der Waals surface area contributed by atoms with Gasteiger partial charge >= 0.3 is 0 Å². The molecule has 0 aliphatic carbocycles. The summed E-state index contributed by atoms with van der Waals surface area (Å²) in [6.07, 6.45) is 6.49. The molecule has 3 heterocycles. The molecular formula is C10H10N3O. The lowest BCUT2D eigenvalue weighted by molar-refractivity contribution is 0.142. The molecule has 0 amide bonds. The van der Waals surface area contributed by atoms with Crippen molar-refractivity contribution >= 4 is 11.3 Å². The summed E-state index contributed by atoms with van der Waals surface area (Å²) in [5, 5.41) is 9.23. The van der Waals surface area contributed by atoms with Crippen LogP contribution in [0.4, 0.5) is 5.69 Å². The molecule has 14 heavy (non-hydrogen) atoms. The summed E-state index contributed by atoms with van der Waals surface area (Å²) in [6, 6.07) is 3.85. The largest absolute Gasteiger partial charge is 0.389 e. The Hall–Kier alpha value is -1.55. The Kier molecular flexibility index (Phi) is 1.52. The highest BCUT2D eigenvalue weighted by Crippen LogP contribution is 2.24. The quantitative estimate of drug-likeness (QED) is 0.700. The zero-order valence-electron chi connectivity index (χ0n) is 7.59. The first kappa shape index (κ1) is 7.82. The van der Waals surface area contributed by atoms with Gasteiger partial charge in [-0.1, -0.05) is 0 Å². The Bertz CT molecular complexity index is 459. The lowest BCUT2D eigenvalue weighted by atomic mass is 10.1. The minimum atomic E-state index is -0.186. The number of anilines is 1. The fourth-order valence-electron chi connectivity index (χ4n) is 1.77. The van der Waals surface area contributed by atoms with Crippen LogP contribution in [-0.2, 0) is 0 Å². The number of aliphatic hydroxyl groups is 1. The van der Waals surface area contributed by atoms with E-state index in [0.717, 1.165) is 11.3 Å². The monoisotopic (exact) mass is 188 g/mol. The van der Waals surface area contributed by atoms with Crippen LogP contribution in [0.1, 0.15) is 0 Å². The van der Waals surface area contributed by atoms with Gasteiger partial charge in [0, 0.05) is 25.5 Å². The van der Waals surface area contributed by atoms with Crippen molar-refractivity contribution in [2.45, 2.75) is 6.10 Å². The maximum Gasteiger partial charge on any atom is 0.160 e. The summed E-state index contributed by atoms with van der Waals surface area (Å²) >= 11 is 0. The van der Waals surface area contributed by atoms with Gasteiger partial charge < -0.3 is 10.0 Å². The van der Waals surface area contributed by atoms with Crippen molar-refractivity contribution < 1.29 is 5.11 Å². The molecule has 0 unspecified atom stereocenters. The molecule has 1 aliphatic heterocycles. The van der Waals surface area contributed by atoms with E-state index in [0.29, 0.717) is 13.1 Å². The van der Waals surface area contributed by atoms with Gasteiger partial charge in [-0.3, -0.25) is 4.40 Å². The van der Waals surface area contributed by atoms with E-state index in [1.807, 2.05) is 22.7 Å². The van der Waals surface area contributed by atoms with Crippen molar-refractivity contribution in [3.8, 4) is 0 Å². The highest BCUT2D eigenvalue weighted by Gasteiger charge is 2.26. The third-order valence-electron chi connectivity index (χ3n) is 2.53. The second kappa shape index (κ2) is 2.72. The van der Waals surface area contributed by atoms with Crippen molar-refractivity contribution in [3.63, 3.8) is 0 Å². The van der Waals surface area contributed by atoms with Gasteiger partial charge in [0.15, 0.2) is 5.65 Å². The third kappa shape index (κ3) is 1.01. The number of hydrogen-bond acceptors (Lipinski definition) is 3. The van der Waals surface area contributed by atoms with E-state index < -0.39 is 0 Å². The number of aromatic nitrogens is 2. The number of nitrogens with zero attached hydrogens (tertiary/aromatic N) is 3. The molecule has 0 bridgehead atoms. The molecule has 1 aliphatic rings. The molecule has 1 radical (unpaired) electrons. The van der Waals surface area contributed by atoms with E-state index >= 15 is 0 Å². The van der Waals surface area contributed by atoms with E-state index in [4.69, 9.17) is 0 Å². The van der Waals surface area contributed by atoms with Crippen molar-refractivity contribution in [3.05, 3.63) is 30.7 Å². The Balaban J connectivity index is 2.07. The Morgan fingerprint density at radius 1 is 1.50 bits per heavy atom. The standard InChI is InChI=1S/C10H10N3O/c14-8-6-13(7-8)9-2-1-4-12-5-3-11-10(9)12/h1-3,5,8,14H,6-7H2. The lowest BCUT2D eigenvalue weighted by Gasteiger charge is -2.37. The van der Waals surface area contributed by atoms with Gasteiger partial charge in [0.25, 0.3) is 0 Å². The van der Waals surface area contributed by atoms with Gasteiger partial charge in [0.05, 0.1) is 18.0 Å². The van der Waals surface area contributed by atoms with Crippen molar-refractivity contribution in [1.82, 2.24) is 9.38 Å². The molecule has 2 aromatic rings. The number of imidazole rings is 1. The molecule has 0 spiro atoms. The molecule has 1 saturated heterocycles. The molecule has 71 valence electrons. The highest BCUT2D eigenvalue weighted by atomic mass is 16.3. The fourth-order valence-corrected chi connectivity index (χ4v) is 1.77. The predicted octanol–water partition coefficient (Wildman–Crippen LogP) is 0.315. The molecule has 0 saturated carbocycles. The molecule has 1 N–H and O–H groups in total. The number of aliphatic hydroxyl groups excluding tert-OH is 1. The van der Waals surface area contributed by atoms with Gasteiger partial charge in [-0.15, -0.1) is 0 Å². The molecule has 4 heteroatoms. The lowest BCUT2D eigenvalue weighted by Crippen LogP contribution is -2.51. The minimum Gasteiger partial charge on any atom is -0.389 e. The molecule has 2 aromatic heterocycles. The fraction of sp³-hybridized carbons (Fsp3) is 0.300. The number of pyridine rings is 1. The summed E-state index contributed by atoms with van der Waals surface area (Å²) in [7, 11) is 0. The Labute approximate surface area is 81.4 Å². The summed E-state index contributed by atoms with van der Waals surface area (Å²) in [6.45, 7) is 1.40. The van der Waals surface area contributed by atoms with Crippen molar-refractivity contribution in [2.24, 2.45) is 0 Å². The summed E-state index contributed by atoms with van der Waals surface area (Å²) in [5.74, 6) is 0. The first-order valence-electron chi connectivity index (χ1n) is 4.61. The molecule has 0 aromatic carbocycles. The van der Waals surface area contributed by atoms with Gasteiger partial charge in [-0.2, -0.15) is 0 Å². The van der Waals surface area contributed by atoms with E-state index in [1.165, 1.54) is 0 Å². The van der Waals surface area contributed by atoms with Crippen LogP contribution in [0.5, 0.6) is 0 Å². The van der Waals surface area contributed by atoms with Crippen LogP contribution in [0.25, 0.3) is 5.65 Å². The summed E-state index contributed by atoms with van der Waals surface area (Å²) in [4.78, 5) is 6.37. The van der Waals surface area contributed by atoms with Crippen LogP contribution in [-0.4, -0.2) is 33.7 Å². The van der Waals surface area contributed by atoms with Crippen LogP contribution in [0.15, 0.2) is 24.5 Å². The maximum atomic E-state index is 9.23. The summed E-state index contributed by atoms with van der Waals surface area (Å²) in [5.41, 5.74) is 1.97. The van der Waals surface area contributed by atoms with Crippen LogP contribution in [0, 0.1) is 6.20 Å². The smallest absolute Gasteiger partial charge is 0.160 e. The molecule has 1 fully saturated rings. The zero-order valence-corrected chi connectivity index (χ0v) is 7.59. The predicted molar refractivity (Wildman–Crippen MR) is 52.2 cm³/mol. The van der Waals surface area contributed by atoms with E-state index in [9.17, 15) is 5.11 Å². The number of β-amino-alcohol motifs (C(OH)–C–C–N with tert-alkyl or cyclic N) is 1.